The lowest BCUT2D eigenvalue weighted by molar-refractivity contribution is 0.110. The van der Waals surface area contributed by atoms with Crippen molar-refractivity contribution in [3.05, 3.63) is 64.6 Å². The summed E-state index contributed by atoms with van der Waals surface area (Å²) in [5.41, 5.74) is 6.83. The number of aryl methyl sites for hydroxylation is 3. The van der Waals surface area contributed by atoms with Gasteiger partial charge in [-0.1, -0.05) is 43.3 Å². The molecular weight excluding hydrogens is 406 g/mol. The van der Waals surface area contributed by atoms with E-state index in [1.54, 1.807) is 0 Å². The van der Waals surface area contributed by atoms with Crippen molar-refractivity contribution in [2.24, 2.45) is 0 Å². The molecule has 3 aromatic rings. The number of hydrogen-bond acceptors (Lipinski definition) is 4. The Kier molecular flexibility index (Phi) is 7.61. The van der Waals surface area contributed by atoms with Gasteiger partial charge in [0.15, 0.2) is 5.65 Å². The summed E-state index contributed by atoms with van der Waals surface area (Å²) in [5, 5.41) is 0. The van der Waals surface area contributed by atoms with Crippen molar-refractivity contribution in [2.75, 3.05) is 32.7 Å². The van der Waals surface area contributed by atoms with E-state index in [2.05, 4.69) is 91.5 Å². The Labute approximate surface area is 199 Å². The molecule has 0 N–H and O–H groups in total. The maximum atomic E-state index is 4.87. The van der Waals surface area contributed by atoms with Crippen molar-refractivity contribution in [2.45, 2.75) is 60.0 Å². The van der Waals surface area contributed by atoms with E-state index in [-0.39, 0.29) is 0 Å². The van der Waals surface area contributed by atoms with E-state index in [4.69, 9.17) is 9.97 Å². The molecule has 0 amide bonds. The van der Waals surface area contributed by atoms with Gasteiger partial charge in [-0.05, 0) is 56.9 Å². The van der Waals surface area contributed by atoms with E-state index in [1.807, 2.05) is 0 Å². The number of fused-ring (bicyclic) bond motifs is 1. The summed E-state index contributed by atoms with van der Waals surface area (Å²) in [4.78, 5) is 14.8. The zero-order valence-electron chi connectivity index (χ0n) is 21.0. The van der Waals surface area contributed by atoms with E-state index in [0.717, 1.165) is 48.6 Å². The Hall–Kier alpha value is -2.50. The number of aromatic nitrogens is 3. The van der Waals surface area contributed by atoms with Crippen LogP contribution in [0.25, 0.3) is 17.2 Å². The number of pyridine rings is 1. The van der Waals surface area contributed by atoms with Crippen LogP contribution in [0.1, 0.15) is 55.4 Å². The highest BCUT2D eigenvalue weighted by Crippen LogP contribution is 2.21. The minimum absolute atomic E-state index is 0.667. The highest BCUT2D eigenvalue weighted by molar-refractivity contribution is 5.76. The van der Waals surface area contributed by atoms with Crippen molar-refractivity contribution in [3.8, 4) is 0 Å². The molecule has 5 heteroatoms. The first-order valence-electron chi connectivity index (χ1n) is 12.5. The largest absolute Gasteiger partial charge is 0.308 e. The standard InChI is InChI=1S/C28H39N5/c1-6-26-30-27-22(4)19-23(5)29-28(27)33(26)20-25-12-10-24(11-13-25)9-7-8-14-31-15-17-32(18-16-31)21(2)3/h7,9-13,19,21H,6,8,14-18,20H2,1-5H3/b9-7+. The topological polar surface area (TPSA) is 37.2 Å². The van der Waals surface area contributed by atoms with Gasteiger partial charge in [0.2, 0.25) is 0 Å². The number of rotatable bonds is 8. The summed E-state index contributed by atoms with van der Waals surface area (Å²) in [7, 11) is 0. The lowest BCUT2D eigenvalue weighted by atomic mass is 10.1. The molecule has 0 atom stereocenters. The molecule has 1 aliphatic rings. The number of piperazine rings is 1. The Bertz CT molecular complexity index is 1090. The number of nitrogens with zero attached hydrogens (tertiary/aromatic N) is 5. The first-order valence-corrected chi connectivity index (χ1v) is 12.5. The van der Waals surface area contributed by atoms with Crippen molar-refractivity contribution in [1.29, 1.82) is 0 Å². The van der Waals surface area contributed by atoms with Gasteiger partial charge in [0, 0.05) is 50.9 Å². The third-order valence-electron chi connectivity index (χ3n) is 6.80. The van der Waals surface area contributed by atoms with E-state index >= 15 is 0 Å². The Morgan fingerprint density at radius 2 is 1.73 bits per heavy atom. The van der Waals surface area contributed by atoms with E-state index < -0.39 is 0 Å². The van der Waals surface area contributed by atoms with Crippen LogP contribution in [0.15, 0.2) is 36.4 Å². The highest BCUT2D eigenvalue weighted by Gasteiger charge is 2.17. The van der Waals surface area contributed by atoms with Crippen molar-refractivity contribution >= 4 is 17.2 Å². The van der Waals surface area contributed by atoms with Crippen molar-refractivity contribution < 1.29 is 0 Å². The lowest BCUT2D eigenvalue weighted by Crippen LogP contribution is -2.48. The van der Waals surface area contributed by atoms with Gasteiger partial charge in [-0.15, -0.1) is 0 Å². The van der Waals surface area contributed by atoms with Crippen LogP contribution in [0.3, 0.4) is 0 Å². The van der Waals surface area contributed by atoms with Crippen LogP contribution in [0.4, 0.5) is 0 Å². The molecule has 1 saturated heterocycles. The van der Waals surface area contributed by atoms with E-state index in [1.165, 1.54) is 42.9 Å². The first kappa shape index (κ1) is 23.7. The van der Waals surface area contributed by atoms with Gasteiger partial charge < -0.3 is 9.47 Å². The van der Waals surface area contributed by atoms with Gasteiger partial charge in [-0.2, -0.15) is 0 Å². The first-order chi connectivity index (χ1) is 15.9. The number of benzene rings is 1. The third-order valence-corrected chi connectivity index (χ3v) is 6.80. The zero-order chi connectivity index (χ0) is 23.4. The van der Waals surface area contributed by atoms with Gasteiger partial charge in [0.05, 0.1) is 6.54 Å². The normalized spacial score (nSPS) is 15.9. The summed E-state index contributed by atoms with van der Waals surface area (Å²) < 4.78 is 2.28. The molecule has 0 aliphatic carbocycles. The molecule has 1 aliphatic heterocycles. The molecule has 176 valence electrons. The zero-order valence-corrected chi connectivity index (χ0v) is 21.0. The van der Waals surface area contributed by atoms with Gasteiger partial charge in [0.25, 0.3) is 0 Å². The van der Waals surface area contributed by atoms with E-state index in [0.29, 0.717) is 6.04 Å². The van der Waals surface area contributed by atoms with Crippen molar-refractivity contribution in [3.63, 3.8) is 0 Å². The summed E-state index contributed by atoms with van der Waals surface area (Å²) in [6.45, 7) is 17.7. The summed E-state index contributed by atoms with van der Waals surface area (Å²) >= 11 is 0. The Morgan fingerprint density at radius 3 is 2.39 bits per heavy atom. The van der Waals surface area contributed by atoms with Gasteiger partial charge in [-0.25, -0.2) is 9.97 Å². The molecule has 0 spiro atoms. The second-order valence-corrected chi connectivity index (χ2v) is 9.62. The van der Waals surface area contributed by atoms with Crippen molar-refractivity contribution in [1.82, 2.24) is 24.3 Å². The third kappa shape index (κ3) is 5.71. The summed E-state index contributed by atoms with van der Waals surface area (Å²) in [5.74, 6) is 1.10. The second kappa shape index (κ2) is 10.6. The fourth-order valence-corrected chi connectivity index (χ4v) is 4.78. The molecule has 0 bridgehead atoms. The average Bonchev–Trinajstić information content (AvgIpc) is 3.15. The Balaban J connectivity index is 1.35. The summed E-state index contributed by atoms with van der Waals surface area (Å²) in [6.07, 6.45) is 6.58. The van der Waals surface area contributed by atoms with Crippen LogP contribution in [0, 0.1) is 13.8 Å². The monoisotopic (exact) mass is 445 g/mol. The lowest BCUT2D eigenvalue weighted by Gasteiger charge is -2.36. The van der Waals surface area contributed by atoms with Crippen LogP contribution in [0.5, 0.6) is 0 Å². The maximum Gasteiger partial charge on any atom is 0.160 e. The molecule has 0 unspecified atom stereocenters. The van der Waals surface area contributed by atoms with Gasteiger partial charge >= 0.3 is 0 Å². The Morgan fingerprint density at radius 1 is 1.00 bits per heavy atom. The summed E-state index contributed by atoms with van der Waals surface area (Å²) in [6, 6.07) is 11.7. The second-order valence-electron chi connectivity index (χ2n) is 9.62. The minimum Gasteiger partial charge on any atom is -0.308 e. The molecule has 1 aromatic carbocycles. The van der Waals surface area contributed by atoms with Gasteiger partial charge in [0.1, 0.15) is 11.3 Å². The molecule has 4 rings (SSSR count). The SMILES string of the molecule is CCc1nc2c(C)cc(C)nc2n1Cc1ccc(/C=C/CCN2CCN(C(C)C)CC2)cc1. The van der Waals surface area contributed by atoms with Crippen LogP contribution in [-0.2, 0) is 13.0 Å². The van der Waals surface area contributed by atoms with Gasteiger partial charge in [-0.3, -0.25) is 4.90 Å². The molecule has 33 heavy (non-hydrogen) atoms. The van der Waals surface area contributed by atoms with Crippen LogP contribution in [-0.4, -0.2) is 63.1 Å². The predicted octanol–water partition coefficient (Wildman–Crippen LogP) is 5.09. The average molecular weight is 446 g/mol. The minimum atomic E-state index is 0.667. The molecular formula is C28H39N5. The molecule has 3 heterocycles. The molecule has 0 saturated carbocycles. The van der Waals surface area contributed by atoms with Crippen LogP contribution in [0.2, 0.25) is 0 Å². The molecule has 0 radical (unpaired) electrons. The molecule has 2 aromatic heterocycles. The maximum absolute atomic E-state index is 4.87. The van der Waals surface area contributed by atoms with E-state index in [9.17, 15) is 0 Å². The fraction of sp³-hybridized carbons (Fsp3) is 0.500. The fourth-order valence-electron chi connectivity index (χ4n) is 4.78. The smallest absolute Gasteiger partial charge is 0.160 e. The highest BCUT2D eigenvalue weighted by atomic mass is 15.3. The molecule has 1 fully saturated rings. The quantitative estimate of drug-likeness (QED) is 0.484. The number of imidazole rings is 1. The van der Waals surface area contributed by atoms with Crippen LogP contribution >= 0.6 is 0 Å². The number of hydrogen-bond donors (Lipinski definition) is 0. The predicted molar refractivity (Wildman–Crippen MR) is 139 cm³/mol. The van der Waals surface area contributed by atoms with Crippen LogP contribution < -0.4 is 0 Å². The molecule has 5 nitrogen and oxygen atoms in total.